The Kier molecular flexibility index (Phi) is 8.45. The molecule has 0 fully saturated rings. The van der Waals surface area contributed by atoms with Crippen LogP contribution in [0.4, 0.5) is 24.5 Å². The molecule has 2 N–H and O–H groups in total. The molecule has 2 amide bonds. The van der Waals surface area contributed by atoms with E-state index < -0.39 is 23.9 Å². The molecule has 1 aliphatic rings. The Bertz CT molecular complexity index is 1410. The topological polar surface area (TPSA) is 100 Å². The van der Waals surface area contributed by atoms with Crippen molar-refractivity contribution >= 4 is 46.2 Å². The molecular weight excluding hydrogens is 535 g/mol. The highest BCUT2D eigenvalue weighted by Crippen LogP contribution is 2.34. The predicted molar refractivity (Wildman–Crippen MR) is 143 cm³/mol. The third kappa shape index (κ3) is 7.11. The van der Waals surface area contributed by atoms with Crippen LogP contribution in [-0.2, 0) is 9.59 Å². The summed E-state index contributed by atoms with van der Waals surface area (Å²) in [5.41, 5.74) is 1.18. The van der Waals surface area contributed by atoms with Crippen LogP contribution in [0.25, 0.3) is 6.08 Å². The second-order valence-corrected chi connectivity index (χ2v) is 8.88. The molecule has 1 heterocycles. The highest BCUT2D eigenvalue weighted by atomic mass is 32.2. The van der Waals surface area contributed by atoms with Crippen molar-refractivity contribution in [3.05, 3.63) is 84.1 Å². The predicted octanol–water partition coefficient (Wildman–Crippen LogP) is 5.81. The van der Waals surface area contributed by atoms with Crippen molar-refractivity contribution in [1.82, 2.24) is 0 Å². The van der Waals surface area contributed by atoms with Gasteiger partial charge in [-0.15, -0.1) is 13.2 Å². The van der Waals surface area contributed by atoms with Crippen LogP contribution < -0.4 is 19.7 Å². The number of carbonyl (C=O) groups is 2. The number of hydrogen-bond donors (Lipinski definition) is 2. The molecule has 0 radical (unpaired) electrons. The standard InChI is InChI=1S/C27H22F3N3O5S/c1-2-37-22-10-6-7-17(24(22)35)15-21-25(36)33(19-8-4-3-5-9-19)26(32-21)39-16-23(34)31-18-11-13-20(14-12-18)38-27(28,29)30/h3-15,35H,2,16H2,1H3,(H,31,34). The Morgan fingerprint density at radius 3 is 2.46 bits per heavy atom. The monoisotopic (exact) mass is 557 g/mol. The number of hydrogen-bond acceptors (Lipinski definition) is 7. The number of amidine groups is 1. The van der Waals surface area contributed by atoms with Crippen molar-refractivity contribution < 1.29 is 37.3 Å². The second-order valence-electron chi connectivity index (χ2n) is 7.94. The van der Waals surface area contributed by atoms with Crippen molar-refractivity contribution in [2.75, 3.05) is 22.6 Å². The number of phenolic OH excluding ortho intramolecular Hbond substituents is 1. The van der Waals surface area contributed by atoms with Crippen LogP contribution in [0.3, 0.4) is 0 Å². The van der Waals surface area contributed by atoms with Gasteiger partial charge in [-0.2, -0.15) is 0 Å². The first-order valence-electron chi connectivity index (χ1n) is 11.6. The van der Waals surface area contributed by atoms with Crippen molar-refractivity contribution in [3.63, 3.8) is 0 Å². The summed E-state index contributed by atoms with van der Waals surface area (Å²) in [6.07, 6.45) is -3.38. The Morgan fingerprint density at radius 2 is 1.79 bits per heavy atom. The zero-order valence-electron chi connectivity index (χ0n) is 20.4. The minimum atomic E-state index is -4.82. The largest absolute Gasteiger partial charge is 0.573 e. The lowest BCUT2D eigenvalue weighted by molar-refractivity contribution is -0.274. The number of para-hydroxylation sites is 2. The number of alkyl halides is 3. The van der Waals surface area contributed by atoms with Gasteiger partial charge in [0.1, 0.15) is 11.4 Å². The van der Waals surface area contributed by atoms with Gasteiger partial charge in [0.15, 0.2) is 16.7 Å². The fourth-order valence-corrected chi connectivity index (χ4v) is 4.35. The summed E-state index contributed by atoms with van der Waals surface area (Å²) in [6.45, 7) is 2.13. The van der Waals surface area contributed by atoms with E-state index in [1.165, 1.54) is 23.1 Å². The minimum Gasteiger partial charge on any atom is -0.504 e. The summed E-state index contributed by atoms with van der Waals surface area (Å²) in [7, 11) is 0. The maximum Gasteiger partial charge on any atom is 0.573 e. The van der Waals surface area contributed by atoms with Crippen LogP contribution in [0, 0.1) is 0 Å². The lowest BCUT2D eigenvalue weighted by Gasteiger charge is -2.17. The van der Waals surface area contributed by atoms with E-state index in [4.69, 9.17) is 4.74 Å². The molecule has 202 valence electrons. The van der Waals surface area contributed by atoms with E-state index in [2.05, 4.69) is 15.0 Å². The number of benzene rings is 3. The zero-order valence-corrected chi connectivity index (χ0v) is 21.3. The van der Waals surface area contributed by atoms with Crippen LogP contribution >= 0.6 is 11.8 Å². The molecule has 0 saturated heterocycles. The van der Waals surface area contributed by atoms with Crippen molar-refractivity contribution in [3.8, 4) is 17.2 Å². The van der Waals surface area contributed by atoms with Gasteiger partial charge in [-0.1, -0.05) is 42.1 Å². The lowest BCUT2D eigenvalue weighted by Crippen LogP contribution is -2.31. The summed E-state index contributed by atoms with van der Waals surface area (Å²) in [6, 6.07) is 18.4. The third-order valence-corrected chi connectivity index (χ3v) is 6.11. The number of anilines is 2. The van der Waals surface area contributed by atoms with Gasteiger partial charge in [-0.25, -0.2) is 4.99 Å². The lowest BCUT2D eigenvalue weighted by atomic mass is 10.1. The maximum absolute atomic E-state index is 13.3. The van der Waals surface area contributed by atoms with Gasteiger partial charge in [0, 0.05) is 11.3 Å². The number of halogens is 3. The molecule has 8 nitrogen and oxygen atoms in total. The fourth-order valence-electron chi connectivity index (χ4n) is 3.54. The number of aliphatic imine (C=N–C) groups is 1. The number of phenols is 1. The SMILES string of the molecule is CCOc1cccc(C=C2N=C(SCC(=O)Nc3ccc(OC(F)(F)F)cc3)N(c3ccccc3)C2=O)c1O. The number of ether oxygens (including phenoxy) is 2. The van der Waals surface area contributed by atoms with Crippen molar-refractivity contribution in [2.24, 2.45) is 4.99 Å². The molecule has 3 aromatic carbocycles. The molecule has 0 spiro atoms. The third-order valence-electron chi connectivity index (χ3n) is 5.17. The van der Waals surface area contributed by atoms with Gasteiger partial charge in [0.05, 0.1) is 18.0 Å². The molecule has 1 aliphatic heterocycles. The van der Waals surface area contributed by atoms with Gasteiger partial charge in [0.2, 0.25) is 5.91 Å². The summed E-state index contributed by atoms with van der Waals surface area (Å²) in [5, 5.41) is 13.4. The number of amides is 2. The smallest absolute Gasteiger partial charge is 0.504 e. The van der Waals surface area contributed by atoms with Crippen LogP contribution in [0.1, 0.15) is 12.5 Å². The number of nitrogens with one attached hydrogen (secondary N) is 1. The molecule has 0 bridgehead atoms. The zero-order chi connectivity index (χ0) is 28.0. The molecule has 12 heteroatoms. The summed E-state index contributed by atoms with van der Waals surface area (Å²) in [5.74, 6) is -1.34. The first-order chi connectivity index (χ1) is 18.6. The van der Waals surface area contributed by atoms with Crippen LogP contribution in [0.15, 0.2) is 83.5 Å². The van der Waals surface area contributed by atoms with Crippen LogP contribution in [0.2, 0.25) is 0 Å². The number of aromatic hydroxyl groups is 1. The van der Waals surface area contributed by atoms with Gasteiger partial charge in [0.25, 0.3) is 5.91 Å². The van der Waals surface area contributed by atoms with Crippen molar-refractivity contribution in [2.45, 2.75) is 13.3 Å². The van der Waals surface area contributed by atoms with Gasteiger partial charge in [-0.05, 0) is 55.5 Å². The van der Waals surface area contributed by atoms with E-state index in [0.717, 1.165) is 23.9 Å². The maximum atomic E-state index is 13.3. The normalized spacial score (nSPS) is 14.4. The molecule has 0 atom stereocenters. The van der Waals surface area contributed by atoms with Crippen LogP contribution in [0.5, 0.6) is 17.2 Å². The van der Waals surface area contributed by atoms with E-state index in [-0.39, 0.29) is 33.8 Å². The quantitative estimate of drug-likeness (QED) is 0.340. The molecule has 4 rings (SSSR count). The van der Waals surface area contributed by atoms with E-state index >= 15 is 0 Å². The molecule has 0 aromatic heterocycles. The Hall–Kier alpha value is -4.45. The average Bonchev–Trinajstić information content (AvgIpc) is 3.21. The minimum absolute atomic E-state index is 0.0472. The average molecular weight is 558 g/mol. The van der Waals surface area contributed by atoms with E-state index in [0.29, 0.717) is 17.9 Å². The summed E-state index contributed by atoms with van der Waals surface area (Å²) in [4.78, 5) is 31.7. The number of thioether (sulfide) groups is 1. The molecule has 0 unspecified atom stereocenters. The second kappa shape index (κ2) is 11.9. The highest BCUT2D eigenvalue weighted by Gasteiger charge is 2.33. The number of carbonyl (C=O) groups excluding carboxylic acids is 2. The highest BCUT2D eigenvalue weighted by molar-refractivity contribution is 8.14. The van der Waals surface area contributed by atoms with Gasteiger partial charge in [-0.3, -0.25) is 14.5 Å². The Labute approximate surface area is 225 Å². The van der Waals surface area contributed by atoms with Gasteiger partial charge < -0.3 is 19.9 Å². The van der Waals surface area contributed by atoms with Crippen LogP contribution in [-0.4, -0.2) is 40.8 Å². The summed E-state index contributed by atoms with van der Waals surface area (Å²) < 4.78 is 46.3. The molecule has 39 heavy (non-hydrogen) atoms. The molecule has 0 saturated carbocycles. The molecular formula is C27H22F3N3O5S. The van der Waals surface area contributed by atoms with E-state index in [1.807, 2.05) is 0 Å². The number of rotatable bonds is 8. The first kappa shape index (κ1) is 27.6. The fraction of sp³-hybridized carbons (Fsp3) is 0.148. The van der Waals surface area contributed by atoms with Gasteiger partial charge >= 0.3 is 6.36 Å². The first-order valence-corrected chi connectivity index (χ1v) is 12.6. The molecule has 0 aliphatic carbocycles. The van der Waals surface area contributed by atoms with E-state index in [1.54, 1.807) is 55.5 Å². The molecule has 3 aromatic rings. The van der Waals surface area contributed by atoms with E-state index in [9.17, 15) is 27.9 Å². The Balaban J connectivity index is 1.52. The van der Waals surface area contributed by atoms with Crippen molar-refractivity contribution in [1.29, 1.82) is 0 Å². The number of nitrogens with zero attached hydrogens (tertiary/aromatic N) is 2. The Morgan fingerprint density at radius 1 is 1.08 bits per heavy atom. The summed E-state index contributed by atoms with van der Waals surface area (Å²) >= 11 is 1.00.